The molecule has 0 atom stereocenters. The summed E-state index contributed by atoms with van der Waals surface area (Å²) in [6, 6.07) is 12.9. The van der Waals surface area contributed by atoms with Gasteiger partial charge in [0.05, 0.1) is 10.0 Å². The van der Waals surface area contributed by atoms with Crippen molar-refractivity contribution >= 4 is 23.2 Å². The Hall–Kier alpha value is -2.30. The standard InChI is InChI=1S/C18H15Cl2N3O/c1-3-10-24-12-8-9-14(16(20)11-12)18-21-17(22-23(18)2)13-6-4-5-7-15(13)19/h3-9,11H,1,10H2,2H3. The zero-order valence-corrected chi connectivity index (χ0v) is 14.6. The minimum atomic E-state index is 0.427. The van der Waals surface area contributed by atoms with Gasteiger partial charge < -0.3 is 4.74 Å². The molecule has 0 saturated carbocycles. The third kappa shape index (κ3) is 3.30. The van der Waals surface area contributed by atoms with E-state index in [2.05, 4.69) is 16.7 Å². The third-order valence-corrected chi connectivity index (χ3v) is 4.07. The highest BCUT2D eigenvalue weighted by Gasteiger charge is 2.15. The van der Waals surface area contributed by atoms with E-state index in [4.69, 9.17) is 27.9 Å². The van der Waals surface area contributed by atoms with Gasteiger partial charge in [-0.1, -0.05) is 48.0 Å². The van der Waals surface area contributed by atoms with E-state index in [1.807, 2.05) is 43.4 Å². The van der Waals surface area contributed by atoms with Crippen molar-refractivity contribution in [3.05, 3.63) is 65.2 Å². The van der Waals surface area contributed by atoms with E-state index in [0.717, 1.165) is 11.1 Å². The molecule has 1 aromatic heterocycles. The smallest absolute Gasteiger partial charge is 0.183 e. The first-order valence-corrected chi connectivity index (χ1v) is 8.05. The highest BCUT2D eigenvalue weighted by atomic mass is 35.5. The average molecular weight is 360 g/mol. The number of rotatable bonds is 5. The second-order valence-electron chi connectivity index (χ2n) is 5.10. The molecular weight excluding hydrogens is 345 g/mol. The number of aromatic nitrogens is 3. The summed E-state index contributed by atoms with van der Waals surface area (Å²) in [6.45, 7) is 4.05. The maximum absolute atomic E-state index is 6.39. The number of halogens is 2. The molecule has 6 heteroatoms. The molecule has 1 heterocycles. The Bertz CT molecular complexity index is 890. The highest BCUT2D eigenvalue weighted by Crippen LogP contribution is 2.32. The molecule has 0 aliphatic rings. The molecule has 2 aromatic carbocycles. The van der Waals surface area contributed by atoms with E-state index < -0.39 is 0 Å². The van der Waals surface area contributed by atoms with E-state index in [9.17, 15) is 0 Å². The molecule has 0 aliphatic carbocycles. The van der Waals surface area contributed by atoms with Gasteiger partial charge in [0.2, 0.25) is 0 Å². The molecular formula is C18H15Cl2N3O. The van der Waals surface area contributed by atoms with Gasteiger partial charge in [0, 0.05) is 18.2 Å². The Labute approximate surface area is 150 Å². The molecule has 0 radical (unpaired) electrons. The lowest BCUT2D eigenvalue weighted by molar-refractivity contribution is 0.363. The Morgan fingerprint density at radius 1 is 1.12 bits per heavy atom. The summed E-state index contributed by atoms with van der Waals surface area (Å²) in [5, 5.41) is 5.59. The van der Waals surface area contributed by atoms with Gasteiger partial charge in [-0.15, -0.1) is 0 Å². The Morgan fingerprint density at radius 3 is 2.62 bits per heavy atom. The zero-order chi connectivity index (χ0) is 17.1. The maximum atomic E-state index is 6.39. The summed E-state index contributed by atoms with van der Waals surface area (Å²) < 4.78 is 7.17. The van der Waals surface area contributed by atoms with Crippen molar-refractivity contribution in [3.8, 4) is 28.5 Å². The van der Waals surface area contributed by atoms with Crippen LogP contribution in [0.3, 0.4) is 0 Å². The minimum absolute atomic E-state index is 0.427. The molecule has 0 N–H and O–H groups in total. The Morgan fingerprint density at radius 2 is 1.92 bits per heavy atom. The second-order valence-corrected chi connectivity index (χ2v) is 5.92. The molecule has 0 aliphatic heterocycles. The fourth-order valence-corrected chi connectivity index (χ4v) is 2.77. The predicted molar refractivity (Wildman–Crippen MR) is 97.6 cm³/mol. The summed E-state index contributed by atoms with van der Waals surface area (Å²) in [5.74, 6) is 1.89. The van der Waals surface area contributed by atoms with E-state index in [-0.39, 0.29) is 0 Å². The lowest BCUT2D eigenvalue weighted by atomic mass is 10.2. The molecule has 0 unspecified atom stereocenters. The number of nitrogens with zero attached hydrogens (tertiary/aromatic N) is 3. The minimum Gasteiger partial charge on any atom is -0.490 e. The fraction of sp³-hybridized carbons (Fsp3) is 0.111. The van der Waals surface area contributed by atoms with Gasteiger partial charge in [0.1, 0.15) is 12.4 Å². The van der Waals surface area contributed by atoms with E-state index in [0.29, 0.717) is 34.1 Å². The fourth-order valence-electron chi connectivity index (χ4n) is 2.30. The number of aryl methyl sites for hydroxylation is 1. The summed E-state index contributed by atoms with van der Waals surface area (Å²) in [6.07, 6.45) is 1.68. The molecule has 0 spiro atoms. The molecule has 0 fully saturated rings. The van der Waals surface area contributed by atoms with Crippen LogP contribution in [0.2, 0.25) is 10.0 Å². The quantitative estimate of drug-likeness (QED) is 0.600. The molecule has 0 saturated heterocycles. The van der Waals surface area contributed by atoms with Crippen LogP contribution in [0, 0.1) is 0 Å². The van der Waals surface area contributed by atoms with E-state index in [1.165, 1.54) is 0 Å². The van der Waals surface area contributed by atoms with Gasteiger partial charge in [0.15, 0.2) is 11.6 Å². The van der Waals surface area contributed by atoms with Crippen LogP contribution in [0.1, 0.15) is 0 Å². The SMILES string of the molecule is C=CCOc1ccc(-c2nc(-c3ccccc3Cl)nn2C)c(Cl)c1. The van der Waals surface area contributed by atoms with Gasteiger partial charge in [-0.2, -0.15) is 5.10 Å². The molecule has 4 nitrogen and oxygen atoms in total. The van der Waals surface area contributed by atoms with Gasteiger partial charge in [0.25, 0.3) is 0 Å². The third-order valence-electron chi connectivity index (χ3n) is 3.43. The van der Waals surface area contributed by atoms with Crippen molar-refractivity contribution < 1.29 is 4.74 Å². The first-order valence-electron chi connectivity index (χ1n) is 7.29. The van der Waals surface area contributed by atoms with E-state index >= 15 is 0 Å². The average Bonchev–Trinajstić information content (AvgIpc) is 2.95. The zero-order valence-electron chi connectivity index (χ0n) is 13.0. The van der Waals surface area contributed by atoms with Gasteiger partial charge >= 0.3 is 0 Å². The van der Waals surface area contributed by atoms with Gasteiger partial charge in [-0.05, 0) is 30.3 Å². The van der Waals surface area contributed by atoms with Gasteiger partial charge in [-0.25, -0.2) is 9.67 Å². The monoisotopic (exact) mass is 359 g/mol. The molecule has 3 aromatic rings. The van der Waals surface area contributed by atoms with Crippen LogP contribution in [0.25, 0.3) is 22.8 Å². The van der Waals surface area contributed by atoms with Crippen LogP contribution in [0.15, 0.2) is 55.1 Å². The molecule has 3 rings (SSSR count). The summed E-state index contributed by atoms with van der Waals surface area (Å²) in [7, 11) is 1.82. The van der Waals surface area contributed by atoms with Crippen molar-refractivity contribution in [2.75, 3.05) is 6.61 Å². The maximum Gasteiger partial charge on any atom is 0.183 e. The summed E-state index contributed by atoms with van der Waals surface area (Å²) in [5.41, 5.74) is 1.55. The number of benzene rings is 2. The van der Waals surface area contributed by atoms with Crippen LogP contribution in [0.4, 0.5) is 0 Å². The largest absolute Gasteiger partial charge is 0.490 e. The van der Waals surface area contributed by atoms with Crippen LogP contribution in [-0.4, -0.2) is 21.4 Å². The molecule has 0 bridgehead atoms. The van der Waals surface area contributed by atoms with Crippen molar-refractivity contribution in [3.63, 3.8) is 0 Å². The van der Waals surface area contributed by atoms with Crippen molar-refractivity contribution in [2.24, 2.45) is 7.05 Å². The summed E-state index contributed by atoms with van der Waals surface area (Å²) >= 11 is 12.6. The predicted octanol–water partition coefficient (Wildman–Crippen LogP) is 5.02. The van der Waals surface area contributed by atoms with E-state index in [1.54, 1.807) is 16.8 Å². The van der Waals surface area contributed by atoms with Crippen molar-refractivity contribution in [1.82, 2.24) is 14.8 Å². The van der Waals surface area contributed by atoms with Crippen molar-refractivity contribution in [2.45, 2.75) is 0 Å². The number of hydrogen-bond acceptors (Lipinski definition) is 3. The molecule has 122 valence electrons. The lowest BCUT2D eigenvalue weighted by Crippen LogP contribution is -1.96. The van der Waals surface area contributed by atoms with Crippen LogP contribution < -0.4 is 4.74 Å². The molecule has 0 amide bonds. The van der Waals surface area contributed by atoms with Crippen LogP contribution in [0.5, 0.6) is 5.75 Å². The first-order chi connectivity index (χ1) is 11.6. The highest BCUT2D eigenvalue weighted by molar-refractivity contribution is 6.33. The van der Waals surface area contributed by atoms with Crippen molar-refractivity contribution in [1.29, 1.82) is 0 Å². The molecule has 24 heavy (non-hydrogen) atoms. The van der Waals surface area contributed by atoms with Crippen LogP contribution >= 0.6 is 23.2 Å². The second kappa shape index (κ2) is 7.07. The topological polar surface area (TPSA) is 39.9 Å². The summed E-state index contributed by atoms with van der Waals surface area (Å²) in [4.78, 5) is 4.59. The normalized spacial score (nSPS) is 10.6. The van der Waals surface area contributed by atoms with Gasteiger partial charge in [-0.3, -0.25) is 0 Å². The first kappa shape index (κ1) is 16.6. The van der Waals surface area contributed by atoms with Crippen LogP contribution in [-0.2, 0) is 7.05 Å². The lowest BCUT2D eigenvalue weighted by Gasteiger charge is -2.07. The number of ether oxygens (including phenoxy) is 1. The Kier molecular flexibility index (Phi) is 4.88. The Balaban J connectivity index is 1.99. The number of hydrogen-bond donors (Lipinski definition) is 0.